The lowest BCUT2D eigenvalue weighted by atomic mass is 9.85. The molecule has 21 heavy (non-hydrogen) atoms. The number of sulfone groups is 1. The van der Waals surface area contributed by atoms with Gasteiger partial charge in [0.2, 0.25) is 0 Å². The molecule has 0 amide bonds. The molecule has 118 valence electrons. The molecular weight excluding hydrogens is 282 g/mol. The van der Waals surface area contributed by atoms with Gasteiger partial charge in [-0.25, -0.2) is 8.42 Å². The normalized spacial score (nSPS) is 21.9. The molecule has 0 spiro atoms. The number of nitrogens with one attached hydrogen (secondary N) is 1. The Bertz CT molecular complexity index is 612. The van der Waals surface area contributed by atoms with Gasteiger partial charge in [0.05, 0.1) is 10.6 Å². The fraction of sp³-hybridized carbons (Fsp3) is 0.647. The summed E-state index contributed by atoms with van der Waals surface area (Å²) in [7, 11) is -3.15. The van der Waals surface area contributed by atoms with E-state index in [1.807, 2.05) is 12.1 Å². The zero-order chi connectivity index (χ0) is 15.8. The fourth-order valence-corrected chi connectivity index (χ4v) is 4.49. The van der Waals surface area contributed by atoms with Crippen LogP contribution in [0.4, 0.5) is 0 Å². The number of benzene rings is 1. The first-order chi connectivity index (χ1) is 9.61. The number of hydrogen-bond donors (Lipinski definition) is 1. The van der Waals surface area contributed by atoms with Crippen molar-refractivity contribution in [2.75, 3.05) is 5.75 Å². The molecule has 1 heterocycles. The highest BCUT2D eigenvalue weighted by Gasteiger charge is 2.29. The van der Waals surface area contributed by atoms with Crippen molar-refractivity contribution in [1.29, 1.82) is 0 Å². The first-order valence-corrected chi connectivity index (χ1v) is 9.40. The first-order valence-electron chi connectivity index (χ1n) is 7.74. The van der Waals surface area contributed by atoms with Crippen LogP contribution in [0.15, 0.2) is 23.1 Å². The minimum Gasteiger partial charge on any atom is -0.308 e. The van der Waals surface area contributed by atoms with Crippen LogP contribution in [0.2, 0.25) is 0 Å². The van der Waals surface area contributed by atoms with Gasteiger partial charge in [0, 0.05) is 12.1 Å². The second kappa shape index (κ2) is 5.73. The van der Waals surface area contributed by atoms with Crippen molar-refractivity contribution < 1.29 is 8.42 Å². The third-order valence-electron chi connectivity index (χ3n) is 4.03. The highest BCUT2D eigenvalue weighted by molar-refractivity contribution is 7.91. The Morgan fingerprint density at radius 1 is 1.24 bits per heavy atom. The molecule has 1 aliphatic heterocycles. The van der Waals surface area contributed by atoms with Crippen LogP contribution in [0.1, 0.15) is 64.6 Å². The largest absolute Gasteiger partial charge is 0.308 e. The summed E-state index contributed by atoms with van der Waals surface area (Å²) in [5, 5.41) is 3.53. The SMILES string of the molecule is CC(C)NC1CCCS(=O)(=O)c2ccc(C(C)(C)C)cc21. The fourth-order valence-electron chi connectivity index (χ4n) is 2.89. The molecule has 2 rings (SSSR count). The summed E-state index contributed by atoms with van der Waals surface area (Å²) in [6.07, 6.45) is 1.59. The smallest absolute Gasteiger partial charge is 0.178 e. The summed E-state index contributed by atoms with van der Waals surface area (Å²) in [5.74, 6) is 0.255. The van der Waals surface area contributed by atoms with Crippen molar-refractivity contribution in [3.63, 3.8) is 0 Å². The lowest BCUT2D eigenvalue weighted by Gasteiger charge is -2.25. The molecule has 4 heteroatoms. The molecular formula is C17H27NO2S. The molecule has 1 aromatic rings. The standard InChI is InChI=1S/C17H27NO2S/c1-12(2)18-15-7-6-10-21(19,20)16-9-8-13(11-14(15)16)17(3,4)5/h8-9,11-12,15,18H,6-7,10H2,1-5H3. The Balaban J connectivity index is 2.59. The van der Waals surface area contributed by atoms with Crippen molar-refractivity contribution in [3.05, 3.63) is 29.3 Å². The van der Waals surface area contributed by atoms with E-state index in [0.29, 0.717) is 17.4 Å². The van der Waals surface area contributed by atoms with Crippen LogP contribution in [-0.2, 0) is 15.3 Å². The quantitative estimate of drug-likeness (QED) is 0.908. The Morgan fingerprint density at radius 2 is 1.90 bits per heavy atom. The van der Waals surface area contributed by atoms with Crippen molar-refractivity contribution in [2.24, 2.45) is 0 Å². The van der Waals surface area contributed by atoms with E-state index in [4.69, 9.17) is 0 Å². The number of hydrogen-bond acceptors (Lipinski definition) is 3. The minimum atomic E-state index is -3.15. The highest BCUT2D eigenvalue weighted by Crippen LogP contribution is 2.35. The van der Waals surface area contributed by atoms with Gasteiger partial charge in [0.25, 0.3) is 0 Å². The molecule has 1 aliphatic rings. The zero-order valence-electron chi connectivity index (χ0n) is 13.7. The average molecular weight is 309 g/mol. The number of rotatable bonds is 2. The summed E-state index contributed by atoms with van der Waals surface area (Å²) >= 11 is 0. The molecule has 1 unspecified atom stereocenters. The van der Waals surface area contributed by atoms with Gasteiger partial charge < -0.3 is 5.32 Å². The van der Waals surface area contributed by atoms with E-state index >= 15 is 0 Å². The van der Waals surface area contributed by atoms with Gasteiger partial charge in [0.1, 0.15) is 0 Å². The van der Waals surface area contributed by atoms with Crippen LogP contribution in [0.5, 0.6) is 0 Å². The molecule has 0 radical (unpaired) electrons. The first kappa shape index (κ1) is 16.5. The van der Waals surface area contributed by atoms with E-state index in [9.17, 15) is 8.42 Å². The van der Waals surface area contributed by atoms with Gasteiger partial charge in [-0.2, -0.15) is 0 Å². The van der Waals surface area contributed by atoms with Gasteiger partial charge in [-0.05, 0) is 35.4 Å². The average Bonchev–Trinajstić information content (AvgIpc) is 2.46. The second-order valence-electron chi connectivity index (χ2n) is 7.34. The van der Waals surface area contributed by atoms with Gasteiger partial charge in [-0.1, -0.05) is 46.8 Å². The van der Waals surface area contributed by atoms with Crippen molar-refractivity contribution >= 4 is 9.84 Å². The van der Waals surface area contributed by atoms with Crippen LogP contribution < -0.4 is 5.32 Å². The molecule has 0 aromatic heterocycles. The molecule has 1 N–H and O–H groups in total. The van der Waals surface area contributed by atoms with Gasteiger partial charge in [-0.3, -0.25) is 0 Å². The van der Waals surface area contributed by atoms with E-state index in [1.54, 1.807) is 0 Å². The molecule has 1 aromatic carbocycles. The molecule has 0 saturated heterocycles. The van der Waals surface area contributed by atoms with Crippen LogP contribution in [0.3, 0.4) is 0 Å². The third kappa shape index (κ3) is 3.67. The van der Waals surface area contributed by atoms with Crippen LogP contribution in [0, 0.1) is 0 Å². The van der Waals surface area contributed by atoms with Crippen LogP contribution in [-0.4, -0.2) is 20.2 Å². The lowest BCUT2D eigenvalue weighted by molar-refractivity contribution is 0.446. The van der Waals surface area contributed by atoms with Crippen LogP contribution >= 0.6 is 0 Å². The summed E-state index contributed by atoms with van der Waals surface area (Å²) in [6, 6.07) is 6.33. The summed E-state index contributed by atoms with van der Waals surface area (Å²) in [6.45, 7) is 10.7. The van der Waals surface area contributed by atoms with Gasteiger partial charge in [0.15, 0.2) is 9.84 Å². The molecule has 0 fully saturated rings. The predicted molar refractivity (Wildman–Crippen MR) is 87.4 cm³/mol. The van der Waals surface area contributed by atoms with Crippen molar-refractivity contribution in [3.8, 4) is 0 Å². The summed E-state index contributed by atoms with van der Waals surface area (Å²) in [5.41, 5.74) is 2.16. The second-order valence-corrected chi connectivity index (χ2v) is 9.42. The van der Waals surface area contributed by atoms with Crippen LogP contribution in [0.25, 0.3) is 0 Å². The van der Waals surface area contributed by atoms with E-state index in [-0.39, 0.29) is 17.2 Å². The summed E-state index contributed by atoms with van der Waals surface area (Å²) in [4.78, 5) is 0.520. The maximum Gasteiger partial charge on any atom is 0.178 e. The topological polar surface area (TPSA) is 46.2 Å². The Kier molecular flexibility index (Phi) is 4.50. The monoisotopic (exact) mass is 309 g/mol. The minimum absolute atomic E-state index is 0.0213. The highest BCUT2D eigenvalue weighted by atomic mass is 32.2. The molecule has 0 aliphatic carbocycles. The lowest BCUT2D eigenvalue weighted by Crippen LogP contribution is -2.28. The Morgan fingerprint density at radius 3 is 2.48 bits per heavy atom. The van der Waals surface area contributed by atoms with E-state index in [1.165, 1.54) is 5.56 Å². The maximum atomic E-state index is 12.5. The molecule has 0 bridgehead atoms. The van der Waals surface area contributed by atoms with Gasteiger partial charge in [-0.15, -0.1) is 0 Å². The zero-order valence-corrected chi connectivity index (χ0v) is 14.5. The maximum absolute atomic E-state index is 12.5. The predicted octanol–water partition coefficient (Wildman–Crippen LogP) is 3.59. The Labute approximate surface area is 129 Å². The van der Waals surface area contributed by atoms with E-state index in [0.717, 1.165) is 12.0 Å². The molecule has 1 atom stereocenters. The number of fused-ring (bicyclic) bond motifs is 1. The third-order valence-corrected chi connectivity index (χ3v) is 5.89. The van der Waals surface area contributed by atoms with E-state index < -0.39 is 9.84 Å². The molecule has 3 nitrogen and oxygen atoms in total. The molecule has 0 saturated carbocycles. The van der Waals surface area contributed by atoms with E-state index in [2.05, 4.69) is 46.0 Å². The van der Waals surface area contributed by atoms with Gasteiger partial charge >= 0.3 is 0 Å². The van der Waals surface area contributed by atoms with Crippen molar-refractivity contribution in [2.45, 2.75) is 69.9 Å². The van der Waals surface area contributed by atoms with Crippen molar-refractivity contribution in [1.82, 2.24) is 5.32 Å². The Hall–Kier alpha value is -0.870. The summed E-state index contributed by atoms with van der Waals surface area (Å²) < 4.78 is 24.9.